The maximum absolute atomic E-state index is 14.5. The van der Waals surface area contributed by atoms with E-state index in [1.165, 1.54) is 18.1 Å². The van der Waals surface area contributed by atoms with Crippen molar-refractivity contribution in [3.8, 4) is 0 Å². The molecule has 7 nitrogen and oxygen atoms in total. The molecule has 37 heavy (non-hydrogen) atoms. The van der Waals surface area contributed by atoms with E-state index in [0.29, 0.717) is 11.3 Å². The molecule has 2 aliphatic rings. The zero-order valence-corrected chi connectivity index (χ0v) is 20.3. The normalized spacial score (nSPS) is 18.2. The molecule has 1 aromatic heterocycles. The summed E-state index contributed by atoms with van der Waals surface area (Å²) in [5.41, 5.74) is 0.705. The van der Waals surface area contributed by atoms with Crippen LogP contribution in [0.3, 0.4) is 0 Å². The molecule has 0 N–H and O–H groups in total. The smallest absolute Gasteiger partial charge is 0.291 e. The highest BCUT2D eigenvalue weighted by Gasteiger charge is 2.64. The largest absolute Gasteiger partial charge is 0.450 e. The molecular weight excluding hydrogens is 475 g/mol. The van der Waals surface area contributed by atoms with Crippen LogP contribution in [0.2, 0.25) is 0 Å². The second-order valence-corrected chi connectivity index (χ2v) is 9.33. The Hall–Kier alpha value is -4.30. The first-order valence-corrected chi connectivity index (χ1v) is 11.9. The number of carbonyl (C=O) groups is 2. The van der Waals surface area contributed by atoms with Gasteiger partial charge in [0, 0.05) is 19.2 Å². The number of aryl methyl sites for hydroxylation is 1. The molecule has 0 fully saturated rings. The van der Waals surface area contributed by atoms with Gasteiger partial charge in [0.15, 0.2) is 11.0 Å². The number of halogens is 1. The number of methoxy groups -OCH3 is 1. The summed E-state index contributed by atoms with van der Waals surface area (Å²) in [4.78, 5) is 45.2. The average Bonchev–Trinajstić information content (AvgIpc) is 3.29. The average molecular weight is 499 g/mol. The van der Waals surface area contributed by atoms with Gasteiger partial charge in [0.05, 0.1) is 29.8 Å². The van der Waals surface area contributed by atoms with Gasteiger partial charge in [-0.3, -0.25) is 14.4 Å². The van der Waals surface area contributed by atoms with Crippen LogP contribution < -0.4 is 10.3 Å². The van der Waals surface area contributed by atoms with Crippen molar-refractivity contribution in [2.24, 2.45) is 0 Å². The van der Waals surface area contributed by atoms with Crippen molar-refractivity contribution in [2.45, 2.75) is 19.0 Å². The Bertz CT molecular complexity index is 1640. The zero-order valence-electron chi connectivity index (χ0n) is 20.3. The number of carbonyl (C=O) groups excluding carboxylic acids is 2. The van der Waals surface area contributed by atoms with Gasteiger partial charge in [0.2, 0.25) is 5.76 Å². The fourth-order valence-electron chi connectivity index (χ4n) is 5.48. The SMILES string of the molecule is COCCN1C(=O)c2oc3ccc(F)cc3c(=O)c2C12C(=O)N(Cc1ccc(C)cc1)c1ccccc12. The van der Waals surface area contributed by atoms with Gasteiger partial charge >= 0.3 is 0 Å². The molecule has 3 aromatic carbocycles. The Labute approximate surface area is 211 Å². The molecule has 2 amide bonds. The Morgan fingerprint density at radius 1 is 1.00 bits per heavy atom. The Balaban J connectivity index is 1.64. The molecule has 3 heterocycles. The molecule has 0 aliphatic carbocycles. The summed E-state index contributed by atoms with van der Waals surface area (Å²) in [6.07, 6.45) is 0. The first-order valence-electron chi connectivity index (χ1n) is 11.9. The summed E-state index contributed by atoms with van der Waals surface area (Å²) in [5, 5.41) is -0.0261. The molecule has 2 aliphatic heterocycles. The van der Waals surface area contributed by atoms with Gasteiger partial charge in [-0.2, -0.15) is 0 Å². The number of anilines is 1. The van der Waals surface area contributed by atoms with E-state index in [1.54, 1.807) is 23.1 Å². The van der Waals surface area contributed by atoms with Crippen LogP contribution in [0.15, 0.2) is 75.9 Å². The van der Waals surface area contributed by atoms with Crippen molar-refractivity contribution < 1.29 is 23.1 Å². The lowest BCUT2D eigenvalue weighted by atomic mass is 9.84. The standard InChI is InChI=1S/C29H23FN2O5/c1-17-7-9-18(10-8-17)16-31-22-6-4-3-5-21(22)29(28(31)35)24-25(33)20-15-19(30)11-12-23(20)37-26(24)27(34)32(29)13-14-36-2/h3-12,15H,13-14,16H2,1-2H3. The van der Waals surface area contributed by atoms with E-state index >= 15 is 0 Å². The van der Waals surface area contributed by atoms with Crippen LogP contribution in [0, 0.1) is 12.7 Å². The van der Waals surface area contributed by atoms with Crippen LogP contribution in [0.1, 0.15) is 32.8 Å². The predicted octanol–water partition coefficient (Wildman–Crippen LogP) is 4.13. The summed E-state index contributed by atoms with van der Waals surface area (Å²) in [6, 6.07) is 18.5. The van der Waals surface area contributed by atoms with E-state index in [2.05, 4.69) is 0 Å². The van der Waals surface area contributed by atoms with Gasteiger partial charge in [0.1, 0.15) is 11.4 Å². The monoisotopic (exact) mass is 498 g/mol. The van der Waals surface area contributed by atoms with E-state index in [0.717, 1.165) is 23.3 Å². The number of para-hydroxylation sites is 1. The molecule has 0 saturated heterocycles. The number of fused-ring (bicyclic) bond motifs is 5. The minimum atomic E-state index is -1.76. The summed E-state index contributed by atoms with van der Waals surface area (Å²) < 4.78 is 25.3. The topological polar surface area (TPSA) is 80.1 Å². The van der Waals surface area contributed by atoms with Crippen LogP contribution >= 0.6 is 0 Å². The van der Waals surface area contributed by atoms with Crippen LogP contribution in [0.5, 0.6) is 0 Å². The fraction of sp³-hybridized carbons (Fsp3) is 0.207. The Kier molecular flexibility index (Phi) is 5.24. The van der Waals surface area contributed by atoms with Crippen molar-refractivity contribution in [3.05, 3.63) is 111 Å². The first kappa shape index (κ1) is 23.1. The van der Waals surface area contributed by atoms with Gasteiger partial charge in [-0.25, -0.2) is 4.39 Å². The molecule has 1 spiro atoms. The molecule has 8 heteroatoms. The number of nitrogens with zero attached hydrogens (tertiary/aromatic N) is 2. The lowest BCUT2D eigenvalue weighted by Crippen LogP contribution is -2.54. The highest BCUT2D eigenvalue weighted by molar-refractivity contribution is 6.17. The predicted molar refractivity (Wildman–Crippen MR) is 135 cm³/mol. The highest BCUT2D eigenvalue weighted by Crippen LogP contribution is 2.52. The third kappa shape index (κ3) is 3.18. The number of rotatable bonds is 5. The summed E-state index contributed by atoms with van der Waals surface area (Å²) in [5.74, 6) is -1.86. The van der Waals surface area contributed by atoms with Gasteiger partial charge < -0.3 is 19.0 Å². The van der Waals surface area contributed by atoms with Crippen LogP contribution in [0.25, 0.3) is 11.0 Å². The van der Waals surface area contributed by atoms with Crippen molar-refractivity contribution >= 4 is 28.5 Å². The molecule has 6 rings (SSSR count). The second-order valence-electron chi connectivity index (χ2n) is 9.33. The number of benzene rings is 3. The molecular formula is C29H23FN2O5. The molecule has 1 unspecified atom stereocenters. The minimum Gasteiger partial charge on any atom is -0.450 e. The quantitative estimate of drug-likeness (QED) is 0.413. The molecule has 4 aromatic rings. The molecule has 1 atom stereocenters. The van der Waals surface area contributed by atoms with E-state index in [9.17, 15) is 18.8 Å². The third-order valence-corrected chi connectivity index (χ3v) is 7.18. The van der Waals surface area contributed by atoms with E-state index in [4.69, 9.17) is 9.15 Å². The van der Waals surface area contributed by atoms with E-state index in [1.807, 2.05) is 37.3 Å². The Morgan fingerprint density at radius 2 is 1.76 bits per heavy atom. The van der Waals surface area contributed by atoms with Gasteiger partial charge in [-0.05, 0) is 36.8 Å². The first-order chi connectivity index (χ1) is 17.9. The van der Waals surface area contributed by atoms with E-state index < -0.39 is 28.6 Å². The van der Waals surface area contributed by atoms with Crippen LogP contribution in [-0.2, 0) is 21.6 Å². The zero-order chi connectivity index (χ0) is 25.9. The fourth-order valence-corrected chi connectivity index (χ4v) is 5.48. The number of ether oxygens (including phenoxy) is 1. The molecule has 0 bridgehead atoms. The number of amides is 2. The van der Waals surface area contributed by atoms with Crippen molar-refractivity contribution in [1.29, 1.82) is 0 Å². The van der Waals surface area contributed by atoms with Gasteiger partial charge in [-0.15, -0.1) is 0 Å². The van der Waals surface area contributed by atoms with Crippen LogP contribution in [0.4, 0.5) is 10.1 Å². The molecule has 186 valence electrons. The van der Waals surface area contributed by atoms with Gasteiger partial charge in [-0.1, -0.05) is 48.0 Å². The number of hydrogen-bond acceptors (Lipinski definition) is 5. The third-order valence-electron chi connectivity index (χ3n) is 7.18. The molecule has 0 radical (unpaired) electrons. The second kappa shape index (κ2) is 8.38. The summed E-state index contributed by atoms with van der Waals surface area (Å²) in [6.45, 7) is 2.41. The lowest BCUT2D eigenvalue weighted by Gasteiger charge is -2.34. The Morgan fingerprint density at radius 3 is 2.51 bits per heavy atom. The van der Waals surface area contributed by atoms with Gasteiger partial charge in [0.25, 0.3) is 11.8 Å². The van der Waals surface area contributed by atoms with Crippen LogP contribution in [-0.4, -0.2) is 37.0 Å². The van der Waals surface area contributed by atoms with Crippen molar-refractivity contribution in [3.63, 3.8) is 0 Å². The minimum absolute atomic E-state index is 0.0261. The lowest BCUT2D eigenvalue weighted by molar-refractivity contribution is -0.126. The summed E-state index contributed by atoms with van der Waals surface area (Å²) >= 11 is 0. The molecule has 0 saturated carbocycles. The maximum Gasteiger partial charge on any atom is 0.291 e. The maximum atomic E-state index is 14.5. The highest BCUT2D eigenvalue weighted by atomic mass is 19.1. The number of hydrogen-bond donors (Lipinski definition) is 0. The van der Waals surface area contributed by atoms with Crippen molar-refractivity contribution in [2.75, 3.05) is 25.2 Å². The van der Waals surface area contributed by atoms with E-state index in [-0.39, 0.29) is 42.0 Å². The summed E-state index contributed by atoms with van der Waals surface area (Å²) in [7, 11) is 1.49. The van der Waals surface area contributed by atoms with Crippen molar-refractivity contribution in [1.82, 2.24) is 4.90 Å².